The summed E-state index contributed by atoms with van der Waals surface area (Å²) in [6, 6.07) is 13.1. The lowest BCUT2D eigenvalue weighted by molar-refractivity contribution is -0.142. The lowest BCUT2D eigenvalue weighted by atomic mass is 9.95. The van der Waals surface area contributed by atoms with Crippen molar-refractivity contribution in [2.75, 3.05) is 0 Å². The van der Waals surface area contributed by atoms with Crippen molar-refractivity contribution in [3.05, 3.63) is 83.2 Å². The van der Waals surface area contributed by atoms with Gasteiger partial charge in [-0.1, -0.05) is 49.4 Å². The monoisotopic (exact) mass is 404 g/mol. The normalized spacial score (nSPS) is 12.1. The molecule has 148 valence electrons. The third kappa shape index (κ3) is 3.22. The molecule has 4 aromatic rings. The van der Waals surface area contributed by atoms with E-state index in [1.807, 2.05) is 25.1 Å². The van der Waals surface area contributed by atoms with Crippen LogP contribution >= 0.6 is 0 Å². The van der Waals surface area contributed by atoms with Gasteiger partial charge in [0.05, 0.1) is 0 Å². The smallest absolute Gasteiger partial charge is 0.206 e. The summed E-state index contributed by atoms with van der Waals surface area (Å²) in [6.45, 7) is 2.02. The Labute approximate surface area is 162 Å². The Morgan fingerprint density at radius 3 is 1.97 bits per heavy atom. The number of fused-ring (bicyclic) bond motifs is 3. The molecule has 0 N–H and O–H groups in total. The summed E-state index contributed by atoms with van der Waals surface area (Å²) in [5.74, 6) is -4.31. The molecule has 0 aromatic heterocycles. The Bertz CT molecular complexity index is 1230. The molecule has 0 aliphatic rings. The highest BCUT2D eigenvalue weighted by molar-refractivity contribution is 6.08. The molecule has 0 saturated carbocycles. The largest absolute Gasteiger partial charge is 0.422 e. The van der Waals surface area contributed by atoms with Crippen molar-refractivity contribution < 1.29 is 26.3 Å². The van der Waals surface area contributed by atoms with Crippen LogP contribution in [0.3, 0.4) is 0 Å². The van der Waals surface area contributed by atoms with Crippen LogP contribution in [0.4, 0.5) is 26.3 Å². The predicted molar refractivity (Wildman–Crippen MR) is 101 cm³/mol. The number of aryl methyl sites for hydroxylation is 1. The van der Waals surface area contributed by atoms with E-state index in [4.69, 9.17) is 0 Å². The third-order valence-corrected chi connectivity index (χ3v) is 5.06. The average molecular weight is 404 g/mol. The average Bonchev–Trinajstić information content (AvgIpc) is 2.65. The van der Waals surface area contributed by atoms with E-state index in [2.05, 4.69) is 0 Å². The zero-order valence-electron chi connectivity index (χ0n) is 15.2. The maximum atomic E-state index is 15.2. The van der Waals surface area contributed by atoms with Crippen molar-refractivity contribution >= 4 is 21.5 Å². The zero-order chi connectivity index (χ0) is 20.9. The minimum absolute atomic E-state index is 0.173. The molecule has 0 nitrogen and oxygen atoms in total. The van der Waals surface area contributed by atoms with Gasteiger partial charge in [-0.3, -0.25) is 0 Å². The van der Waals surface area contributed by atoms with Crippen LogP contribution in [-0.2, 0) is 12.6 Å². The van der Waals surface area contributed by atoms with Gasteiger partial charge in [0.2, 0.25) is 0 Å². The molecule has 0 saturated heterocycles. The van der Waals surface area contributed by atoms with Gasteiger partial charge in [0.1, 0.15) is 23.0 Å². The number of benzene rings is 4. The maximum Gasteiger partial charge on any atom is 0.422 e. The lowest BCUT2D eigenvalue weighted by Gasteiger charge is -2.13. The highest BCUT2D eigenvalue weighted by Crippen LogP contribution is 2.38. The van der Waals surface area contributed by atoms with Crippen LogP contribution in [0.1, 0.15) is 18.1 Å². The first-order chi connectivity index (χ1) is 13.7. The molecule has 4 aromatic carbocycles. The van der Waals surface area contributed by atoms with Crippen molar-refractivity contribution in [3.8, 4) is 11.1 Å². The van der Waals surface area contributed by atoms with E-state index in [9.17, 15) is 22.0 Å². The fourth-order valence-corrected chi connectivity index (χ4v) is 3.60. The molecule has 0 spiro atoms. The quantitative estimate of drug-likeness (QED) is 0.238. The fourth-order valence-electron chi connectivity index (χ4n) is 3.60. The van der Waals surface area contributed by atoms with Crippen molar-refractivity contribution in [3.63, 3.8) is 0 Å². The van der Waals surface area contributed by atoms with Gasteiger partial charge >= 0.3 is 6.18 Å². The molecule has 29 heavy (non-hydrogen) atoms. The van der Waals surface area contributed by atoms with E-state index in [0.717, 1.165) is 22.8 Å². The van der Waals surface area contributed by atoms with Gasteiger partial charge in [-0.25, -0.2) is 13.2 Å². The van der Waals surface area contributed by atoms with E-state index in [1.54, 1.807) is 18.2 Å². The Morgan fingerprint density at radius 2 is 1.34 bits per heavy atom. The summed E-state index contributed by atoms with van der Waals surface area (Å²) in [6.07, 6.45) is -4.32. The van der Waals surface area contributed by atoms with Crippen LogP contribution in [-0.4, -0.2) is 0 Å². The summed E-state index contributed by atoms with van der Waals surface area (Å²) in [5.41, 5.74) is -1.33. The van der Waals surface area contributed by atoms with Crippen molar-refractivity contribution in [2.24, 2.45) is 0 Å². The Kier molecular flexibility index (Phi) is 4.52. The highest BCUT2D eigenvalue weighted by atomic mass is 19.4. The Balaban J connectivity index is 1.92. The van der Waals surface area contributed by atoms with Crippen LogP contribution in [0.5, 0.6) is 0 Å². The second-order valence-electron chi connectivity index (χ2n) is 6.81. The molecule has 0 bridgehead atoms. The van der Waals surface area contributed by atoms with Gasteiger partial charge in [0, 0.05) is 10.9 Å². The molecule has 0 fully saturated rings. The molecule has 0 unspecified atom stereocenters. The highest BCUT2D eigenvalue weighted by Gasteiger charge is 2.38. The van der Waals surface area contributed by atoms with Crippen molar-refractivity contribution in [2.45, 2.75) is 19.5 Å². The van der Waals surface area contributed by atoms with Gasteiger partial charge in [-0.15, -0.1) is 0 Å². The number of hydrogen-bond acceptors (Lipinski definition) is 0. The van der Waals surface area contributed by atoms with E-state index >= 15 is 4.39 Å². The van der Waals surface area contributed by atoms with Crippen molar-refractivity contribution in [1.82, 2.24) is 0 Å². The number of rotatable bonds is 2. The van der Waals surface area contributed by atoms with Crippen LogP contribution in [0.2, 0.25) is 0 Å². The second kappa shape index (κ2) is 6.79. The third-order valence-electron chi connectivity index (χ3n) is 5.06. The van der Waals surface area contributed by atoms with Crippen LogP contribution in [0.25, 0.3) is 32.7 Å². The standard InChI is InChI=1S/C23H14F6/c1-2-12-3-5-15-13(9-12)4-6-18-17(15)8-7-16(22(18)26)14-10-19(24)21(20(25)11-14)23(27,28)29/h3-11H,2H2,1H3. The SMILES string of the molecule is CCc1ccc2c(ccc3c(F)c(-c4cc(F)c(C(F)(F)F)c(F)c4)ccc32)c1. The van der Waals surface area contributed by atoms with E-state index in [0.29, 0.717) is 17.5 Å². The van der Waals surface area contributed by atoms with E-state index in [1.165, 1.54) is 6.07 Å². The fraction of sp³-hybridized carbons (Fsp3) is 0.130. The summed E-state index contributed by atoms with van der Waals surface area (Å²) >= 11 is 0. The first-order valence-electron chi connectivity index (χ1n) is 8.91. The van der Waals surface area contributed by atoms with Gasteiger partial charge < -0.3 is 0 Å². The van der Waals surface area contributed by atoms with Crippen LogP contribution < -0.4 is 0 Å². The molecule has 6 heteroatoms. The molecule has 0 atom stereocenters. The summed E-state index contributed by atoms with van der Waals surface area (Å²) in [5, 5.41) is 2.57. The summed E-state index contributed by atoms with van der Waals surface area (Å²) in [7, 11) is 0. The van der Waals surface area contributed by atoms with Gasteiger partial charge in [-0.05, 0) is 45.8 Å². The molecule has 0 amide bonds. The van der Waals surface area contributed by atoms with Crippen LogP contribution in [0.15, 0.2) is 54.6 Å². The predicted octanol–water partition coefficient (Wildman–Crippen LogP) is 7.66. The van der Waals surface area contributed by atoms with Crippen LogP contribution in [0, 0.1) is 17.5 Å². The number of alkyl halides is 3. The molecular weight excluding hydrogens is 390 g/mol. The molecule has 0 aliphatic heterocycles. The summed E-state index contributed by atoms with van der Waals surface area (Å²) < 4.78 is 81.4. The topological polar surface area (TPSA) is 0 Å². The van der Waals surface area contributed by atoms with E-state index in [-0.39, 0.29) is 16.5 Å². The zero-order valence-corrected chi connectivity index (χ0v) is 15.2. The minimum atomic E-state index is -5.18. The molecular formula is C23H14F6. The van der Waals surface area contributed by atoms with Crippen molar-refractivity contribution in [1.29, 1.82) is 0 Å². The molecule has 0 aliphatic carbocycles. The first kappa shape index (κ1) is 19.3. The lowest BCUT2D eigenvalue weighted by Crippen LogP contribution is -2.11. The number of halogens is 6. The maximum absolute atomic E-state index is 15.2. The molecule has 0 heterocycles. The number of hydrogen-bond donors (Lipinski definition) is 0. The van der Waals surface area contributed by atoms with Gasteiger partial charge in [0.25, 0.3) is 0 Å². The first-order valence-corrected chi connectivity index (χ1v) is 8.91. The second-order valence-corrected chi connectivity index (χ2v) is 6.81. The van der Waals surface area contributed by atoms with Gasteiger partial charge in [0.15, 0.2) is 0 Å². The molecule has 0 radical (unpaired) electrons. The van der Waals surface area contributed by atoms with Gasteiger partial charge in [-0.2, -0.15) is 13.2 Å². The Morgan fingerprint density at radius 1 is 0.724 bits per heavy atom. The minimum Gasteiger partial charge on any atom is -0.206 e. The Hall–Kier alpha value is -3.02. The summed E-state index contributed by atoms with van der Waals surface area (Å²) in [4.78, 5) is 0. The molecule has 4 rings (SSSR count). The van der Waals surface area contributed by atoms with E-state index < -0.39 is 29.2 Å².